The molecule has 1 fully saturated rings. The molecule has 2 heterocycles. The molecule has 1 N–H and O–H groups in total. The molecule has 1 aromatic carbocycles. The predicted molar refractivity (Wildman–Crippen MR) is 91.5 cm³/mol. The minimum absolute atomic E-state index is 0.209. The molecule has 7 heteroatoms. The van der Waals surface area contributed by atoms with Crippen LogP contribution in [0.4, 0.5) is 0 Å². The van der Waals surface area contributed by atoms with Gasteiger partial charge < -0.3 is 10.1 Å². The third kappa shape index (κ3) is 3.15. The van der Waals surface area contributed by atoms with Crippen LogP contribution in [0.25, 0.3) is 0 Å². The lowest BCUT2D eigenvalue weighted by Gasteiger charge is -2.35. The molecule has 1 atom stereocenters. The van der Waals surface area contributed by atoms with Crippen LogP contribution in [0.15, 0.2) is 47.6 Å². The number of nitrogens with one attached hydrogen (secondary N) is 1. The average Bonchev–Trinajstić information content (AvgIpc) is 2.62. The summed E-state index contributed by atoms with van der Waals surface area (Å²) in [6, 6.07) is 8.64. The maximum absolute atomic E-state index is 13.3. The fourth-order valence-electron chi connectivity index (χ4n) is 2.94. The number of hydrogen-bond donors (Lipinski definition) is 1. The van der Waals surface area contributed by atoms with E-state index in [0.29, 0.717) is 25.4 Å². The van der Waals surface area contributed by atoms with Crippen molar-refractivity contribution < 1.29 is 13.2 Å². The largest absolute Gasteiger partial charge is 0.495 e. The van der Waals surface area contributed by atoms with Gasteiger partial charge in [0.05, 0.1) is 13.2 Å². The summed E-state index contributed by atoms with van der Waals surface area (Å²) in [4.78, 5) is 4.33. The number of piperazine rings is 1. The van der Waals surface area contributed by atoms with Crippen LogP contribution in [0, 0.1) is 6.92 Å². The summed E-state index contributed by atoms with van der Waals surface area (Å²) in [6.07, 6.45) is 3.40. The quantitative estimate of drug-likeness (QED) is 0.912. The number of hydrogen-bond acceptors (Lipinski definition) is 5. The predicted octanol–water partition coefficient (Wildman–Crippen LogP) is 1.73. The molecule has 1 unspecified atom stereocenters. The number of benzene rings is 1. The van der Waals surface area contributed by atoms with E-state index in [1.165, 1.54) is 11.4 Å². The second kappa shape index (κ2) is 6.88. The molecule has 3 rings (SSSR count). The summed E-state index contributed by atoms with van der Waals surface area (Å²) in [5.74, 6) is 0.365. The van der Waals surface area contributed by atoms with Gasteiger partial charge in [-0.1, -0.05) is 12.1 Å². The van der Waals surface area contributed by atoms with Gasteiger partial charge in [-0.2, -0.15) is 4.31 Å². The van der Waals surface area contributed by atoms with Crippen LogP contribution in [-0.2, 0) is 10.0 Å². The zero-order valence-corrected chi connectivity index (χ0v) is 14.6. The van der Waals surface area contributed by atoms with Gasteiger partial charge in [-0.15, -0.1) is 0 Å². The second-order valence-electron chi connectivity index (χ2n) is 5.78. The maximum Gasteiger partial charge on any atom is 0.247 e. The van der Waals surface area contributed by atoms with Crippen molar-refractivity contribution in [3.8, 4) is 5.75 Å². The van der Waals surface area contributed by atoms with E-state index in [4.69, 9.17) is 4.74 Å². The van der Waals surface area contributed by atoms with Crippen LogP contribution in [0.2, 0.25) is 0 Å². The molecule has 0 saturated carbocycles. The molecule has 1 aliphatic rings. The highest BCUT2D eigenvalue weighted by Crippen LogP contribution is 2.33. The third-order valence-electron chi connectivity index (χ3n) is 4.17. The van der Waals surface area contributed by atoms with Gasteiger partial charge in [0, 0.05) is 32.0 Å². The summed E-state index contributed by atoms with van der Waals surface area (Å²) < 4.78 is 33.4. The normalized spacial score (nSPS) is 19.2. The van der Waals surface area contributed by atoms with E-state index < -0.39 is 10.0 Å². The first kappa shape index (κ1) is 16.9. The molecule has 1 aliphatic heterocycles. The van der Waals surface area contributed by atoms with E-state index in [1.54, 1.807) is 24.5 Å². The Labute approximate surface area is 142 Å². The number of ether oxygens (including phenoxy) is 1. The number of methoxy groups -OCH3 is 1. The topological polar surface area (TPSA) is 71.5 Å². The highest BCUT2D eigenvalue weighted by molar-refractivity contribution is 7.89. The molecule has 0 spiro atoms. The molecule has 0 radical (unpaired) electrons. The number of aromatic nitrogens is 1. The van der Waals surface area contributed by atoms with Gasteiger partial charge in [0.15, 0.2) is 0 Å². The van der Waals surface area contributed by atoms with Crippen molar-refractivity contribution in [2.45, 2.75) is 17.9 Å². The van der Waals surface area contributed by atoms with Gasteiger partial charge in [-0.3, -0.25) is 4.98 Å². The third-order valence-corrected chi connectivity index (χ3v) is 6.10. The van der Waals surface area contributed by atoms with Crippen molar-refractivity contribution in [1.82, 2.24) is 14.6 Å². The fourth-order valence-corrected chi connectivity index (χ4v) is 4.80. The standard InChI is InChI=1S/C17H21N3O3S/c1-13-5-6-16(23-2)17(10-13)24(21,22)20-9-8-19-12-15(20)14-4-3-7-18-11-14/h3-7,10-11,15,19H,8-9,12H2,1-2H3. The SMILES string of the molecule is COc1ccc(C)cc1S(=O)(=O)N1CCNCC1c1cccnc1. The Bertz CT molecular complexity index is 809. The van der Waals surface area contributed by atoms with Crippen LogP contribution < -0.4 is 10.1 Å². The number of sulfonamides is 1. The van der Waals surface area contributed by atoms with Gasteiger partial charge in [0.25, 0.3) is 0 Å². The lowest BCUT2D eigenvalue weighted by atomic mass is 10.1. The summed E-state index contributed by atoms with van der Waals surface area (Å²) in [7, 11) is -2.20. The van der Waals surface area contributed by atoms with Gasteiger partial charge in [-0.05, 0) is 36.2 Å². The van der Waals surface area contributed by atoms with Crippen molar-refractivity contribution in [2.24, 2.45) is 0 Å². The van der Waals surface area contributed by atoms with E-state index in [9.17, 15) is 8.42 Å². The van der Waals surface area contributed by atoms with E-state index in [-0.39, 0.29) is 10.9 Å². The Kier molecular flexibility index (Phi) is 4.84. The van der Waals surface area contributed by atoms with Crippen molar-refractivity contribution in [2.75, 3.05) is 26.7 Å². The zero-order valence-electron chi connectivity index (χ0n) is 13.8. The molecule has 0 amide bonds. The molecule has 24 heavy (non-hydrogen) atoms. The Morgan fingerprint density at radius 2 is 2.17 bits per heavy atom. The van der Waals surface area contributed by atoms with Gasteiger partial charge in [-0.25, -0.2) is 8.42 Å². The molecule has 128 valence electrons. The van der Waals surface area contributed by atoms with Gasteiger partial charge in [0.1, 0.15) is 10.6 Å². The lowest BCUT2D eigenvalue weighted by Crippen LogP contribution is -2.48. The molecule has 1 aromatic heterocycles. The molecular formula is C17H21N3O3S. The highest BCUT2D eigenvalue weighted by atomic mass is 32.2. The zero-order chi connectivity index (χ0) is 17.2. The minimum Gasteiger partial charge on any atom is -0.495 e. The Morgan fingerprint density at radius 1 is 1.33 bits per heavy atom. The second-order valence-corrected chi connectivity index (χ2v) is 7.64. The van der Waals surface area contributed by atoms with E-state index in [2.05, 4.69) is 10.3 Å². The molecule has 0 aliphatic carbocycles. The Balaban J connectivity index is 2.06. The molecule has 1 saturated heterocycles. The first-order valence-corrected chi connectivity index (χ1v) is 9.25. The minimum atomic E-state index is -3.68. The number of rotatable bonds is 4. The summed E-state index contributed by atoms with van der Waals surface area (Å²) >= 11 is 0. The van der Waals surface area contributed by atoms with E-state index in [0.717, 1.165) is 11.1 Å². The maximum atomic E-state index is 13.3. The van der Waals surface area contributed by atoms with Crippen LogP contribution in [0.1, 0.15) is 17.2 Å². The van der Waals surface area contributed by atoms with E-state index in [1.807, 2.05) is 25.1 Å². The molecular weight excluding hydrogens is 326 g/mol. The summed E-state index contributed by atoms with van der Waals surface area (Å²) in [5.41, 5.74) is 1.75. The summed E-state index contributed by atoms with van der Waals surface area (Å²) in [5, 5.41) is 3.26. The first-order chi connectivity index (χ1) is 11.5. The van der Waals surface area contributed by atoms with Crippen molar-refractivity contribution in [1.29, 1.82) is 0 Å². The molecule has 0 bridgehead atoms. The molecule has 2 aromatic rings. The van der Waals surface area contributed by atoms with Crippen molar-refractivity contribution in [3.63, 3.8) is 0 Å². The number of pyridine rings is 1. The lowest BCUT2D eigenvalue weighted by molar-refractivity contribution is 0.270. The van der Waals surface area contributed by atoms with E-state index >= 15 is 0 Å². The van der Waals surface area contributed by atoms with Crippen LogP contribution in [0.5, 0.6) is 5.75 Å². The Morgan fingerprint density at radius 3 is 2.88 bits per heavy atom. The number of nitrogens with zero attached hydrogens (tertiary/aromatic N) is 2. The average molecular weight is 347 g/mol. The van der Waals surface area contributed by atoms with Crippen LogP contribution >= 0.6 is 0 Å². The van der Waals surface area contributed by atoms with Gasteiger partial charge >= 0.3 is 0 Å². The highest BCUT2D eigenvalue weighted by Gasteiger charge is 2.36. The molecule has 6 nitrogen and oxygen atoms in total. The van der Waals surface area contributed by atoms with Crippen LogP contribution in [-0.4, -0.2) is 44.5 Å². The van der Waals surface area contributed by atoms with Crippen LogP contribution in [0.3, 0.4) is 0 Å². The monoisotopic (exact) mass is 347 g/mol. The van der Waals surface area contributed by atoms with Gasteiger partial charge in [0.2, 0.25) is 10.0 Å². The van der Waals surface area contributed by atoms with Crippen molar-refractivity contribution in [3.05, 3.63) is 53.9 Å². The smallest absolute Gasteiger partial charge is 0.247 e. The fraction of sp³-hybridized carbons (Fsp3) is 0.353. The first-order valence-electron chi connectivity index (χ1n) is 7.81. The Hall–Kier alpha value is -1.96. The van der Waals surface area contributed by atoms with Crippen molar-refractivity contribution >= 4 is 10.0 Å². The number of aryl methyl sites for hydroxylation is 1. The summed E-state index contributed by atoms with van der Waals surface area (Å²) in [6.45, 7) is 3.44.